The van der Waals surface area contributed by atoms with E-state index in [1.807, 2.05) is 0 Å². The highest BCUT2D eigenvalue weighted by Gasteiger charge is 2.15. The Labute approximate surface area is 182 Å². The quantitative estimate of drug-likeness (QED) is 0.283. The molecule has 31 heavy (non-hydrogen) atoms. The van der Waals surface area contributed by atoms with Crippen LogP contribution in [0.4, 0.5) is 5.69 Å². The van der Waals surface area contributed by atoms with Crippen LogP contribution in [0.1, 0.15) is 21.5 Å². The van der Waals surface area contributed by atoms with Crippen LogP contribution in [0.5, 0.6) is 5.88 Å². The molecule has 11 nitrogen and oxygen atoms in total. The molecule has 0 aliphatic heterocycles. The van der Waals surface area contributed by atoms with E-state index < -0.39 is 28.0 Å². The molecular weight excluding hydrogens is 474 g/mol. The number of nitro benzene ring substituents is 1. The fourth-order valence-corrected chi connectivity index (χ4v) is 2.86. The lowest BCUT2D eigenvalue weighted by Crippen LogP contribution is -2.31. The van der Waals surface area contributed by atoms with Crippen LogP contribution in [-0.4, -0.2) is 31.7 Å². The second kappa shape index (κ2) is 8.75. The Morgan fingerprint density at radius 3 is 2.55 bits per heavy atom. The zero-order valence-corrected chi connectivity index (χ0v) is 17.4. The Hall–Kier alpha value is -4.06. The van der Waals surface area contributed by atoms with E-state index in [0.717, 1.165) is 33.0 Å². The van der Waals surface area contributed by atoms with Gasteiger partial charge in [-0.15, -0.1) is 0 Å². The normalized spacial score (nSPS) is 10.9. The Balaban J connectivity index is 1.89. The maximum absolute atomic E-state index is 12.2. The van der Waals surface area contributed by atoms with Gasteiger partial charge in [0.05, 0.1) is 16.8 Å². The van der Waals surface area contributed by atoms with Crippen molar-refractivity contribution < 1.29 is 14.8 Å². The summed E-state index contributed by atoms with van der Waals surface area (Å²) in [4.78, 5) is 48.6. The Kier molecular flexibility index (Phi) is 6.11. The number of rotatable bonds is 5. The van der Waals surface area contributed by atoms with Crippen LogP contribution in [-0.2, 0) is 0 Å². The molecule has 0 radical (unpaired) electrons. The highest BCUT2D eigenvalue weighted by Crippen LogP contribution is 2.21. The van der Waals surface area contributed by atoms with E-state index >= 15 is 0 Å². The molecule has 0 spiro atoms. The summed E-state index contributed by atoms with van der Waals surface area (Å²) in [7, 11) is 0. The largest absolute Gasteiger partial charge is 0.493 e. The molecular formula is C19H14BrN5O6. The smallest absolute Gasteiger partial charge is 0.335 e. The molecule has 12 heteroatoms. The van der Waals surface area contributed by atoms with Crippen LogP contribution in [0, 0.1) is 17.0 Å². The minimum absolute atomic E-state index is 0.0937. The number of H-pyrrole nitrogens is 1. The summed E-state index contributed by atoms with van der Waals surface area (Å²) in [6.07, 6.45) is 0.888. The molecule has 0 atom stereocenters. The predicted octanol–water partition coefficient (Wildman–Crippen LogP) is 1.97. The van der Waals surface area contributed by atoms with Gasteiger partial charge in [-0.3, -0.25) is 24.7 Å². The molecule has 0 aliphatic rings. The fraction of sp³-hybridized carbons (Fsp3) is 0.0526. The van der Waals surface area contributed by atoms with Crippen LogP contribution in [0.15, 0.2) is 61.6 Å². The van der Waals surface area contributed by atoms with Crippen LogP contribution in [0.2, 0.25) is 0 Å². The third-order valence-corrected chi connectivity index (χ3v) is 5.11. The first-order valence-electron chi connectivity index (χ1n) is 8.61. The van der Waals surface area contributed by atoms with Gasteiger partial charge < -0.3 is 5.11 Å². The van der Waals surface area contributed by atoms with E-state index in [9.17, 15) is 29.6 Å². The van der Waals surface area contributed by atoms with Gasteiger partial charge in [-0.05, 0) is 42.8 Å². The van der Waals surface area contributed by atoms with Gasteiger partial charge in [0.1, 0.15) is 5.56 Å². The molecule has 1 aromatic heterocycles. The molecule has 2 aromatic carbocycles. The average molecular weight is 488 g/mol. The minimum atomic E-state index is -0.902. The number of hydrogen-bond acceptors (Lipinski definition) is 7. The number of hydrazone groups is 1. The maximum Gasteiger partial charge on any atom is 0.335 e. The van der Waals surface area contributed by atoms with Gasteiger partial charge in [0.25, 0.3) is 17.2 Å². The van der Waals surface area contributed by atoms with Crippen molar-refractivity contribution in [2.24, 2.45) is 5.10 Å². The molecule has 1 heterocycles. The highest BCUT2D eigenvalue weighted by molar-refractivity contribution is 9.10. The number of carbonyl (C=O) groups excluding carboxylic acids is 1. The minimum Gasteiger partial charge on any atom is -0.493 e. The zero-order chi connectivity index (χ0) is 22.7. The van der Waals surface area contributed by atoms with Crippen molar-refractivity contribution in [2.45, 2.75) is 6.92 Å². The summed E-state index contributed by atoms with van der Waals surface area (Å²) in [6.45, 7) is 1.79. The van der Waals surface area contributed by atoms with E-state index in [1.54, 1.807) is 25.1 Å². The molecule has 158 valence electrons. The van der Waals surface area contributed by atoms with E-state index in [4.69, 9.17) is 0 Å². The Morgan fingerprint density at radius 2 is 1.94 bits per heavy atom. The molecule has 0 saturated carbocycles. The van der Waals surface area contributed by atoms with Crippen molar-refractivity contribution >= 4 is 33.7 Å². The first-order valence-corrected chi connectivity index (χ1v) is 9.41. The number of nitro groups is 1. The van der Waals surface area contributed by atoms with Gasteiger partial charge in [0, 0.05) is 22.2 Å². The first-order chi connectivity index (χ1) is 14.7. The molecule has 0 fully saturated rings. The number of benzene rings is 2. The van der Waals surface area contributed by atoms with Crippen LogP contribution >= 0.6 is 15.9 Å². The van der Waals surface area contributed by atoms with Crippen LogP contribution < -0.4 is 16.7 Å². The number of halogens is 1. The van der Waals surface area contributed by atoms with Crippen molar-refractivity contribution in [3.63, 3.8) is 0 Å². The molecule has 3 aromatic rings. The monoisotopic (exact) mass is 487 g/mol. The number of hydrogen-bond donors (Lipinski definition) is 3. The van der Waals surface area contributed by atoms with Gasteiger partial charge in [0.15, 0.2) is 0 Å². The topological polar surface area (TPSA) is 160 Å². The lowest BCUT2D eigenvalue weighted by molar-refractivity contribution is -0.384. The predicted molar refractivity (Wildman–Crippen MR) is 115 cm³/mol. The number of nitrogens with zero attached hydrogens (tertiary/aromatic N) is 3. The summed E-state index contributed by atoms with van der Waals surface area (Å²) in [6, 6.07) is 9.66. The highest BCUT2D eigenvalue weighted by atomic mass is 79.9. The Bertz CT molecular complexity index is 1330. The summed E-state index contributed by atoms with van der Waals surface area (Å²) in [5, 5.41) is 24.8. The number of amides is 1. The van der Waals surface area contributed by atoms with Crippen molar-refractivity contribution in [1.82, 2.24) is 15.0 Å². The van der Waals surface area contributed by atoms with Crippen LogP contribution in [0.3, 0.4) is 0 Å². The van der Waals surface area contributed by atoms with Crippen molar-refractivity contribution in [2.75, 3.05) is 0 Å². The molecule has 0 saturated heterocycles. The Morgan fingerprint density at radius 1 is 1.26 bits per heavy atom. The lowest BCUT2D eigenvalue weighted by Gasteiger charge is -2.11. The number of aryl methyl sites for hydroxylation is 1. The summed E-state index contributed by atoms with van der Waals surface area (Å²) < 4.78 is 1.68. The molecule has 0 unspecified atom stereocenters. The molecule has 0 bridgehead atoms. The summed E-state index contributed by atoms with van der Waals surface area (Å²) >= 11 is 3.34. The fourth-order valence-electron chi connectivity index (χ4n) is 2.62. The van der Waals surface area contributed by atoms with E-state index in [-0.39, 0.29) is 16.8 Å². The third kappa shape index (κ3) is 4.59. The summed E-state index contributed by atoms with van der Waals surface area (Å²) in [5.41, 5.74) is 1.05. The SMILES string of the molecule is Cc1cc(-n2c(O)c(C=NNC(=O)c3ccc([N+](=O)[O-])cc3)c(=O)[nH]c2=O)ccc1Br. The molecule has 0 aliphatic carbocycles. The number of aromatic hydroxyl groups is 1. The summed E-state index contributed by atoms with van der Waals surface area (Å²) in [5.74, 6) is -1.36. The average Bonchev–Trinajstić information content (AvgIpc) is 2.72. The van der Waals surface area contributed by atoms with Gasteiger partial charge in [-0.1, -0.05) is 15.9 Å². The second-order valence-electron chi connectivity index (χ2n) is 6.27. The van der Waals surface area contributed by atoms with E-state index in [1.165, 1.54) is 12.1 Å². The van der Waals surface area contributed by atoms with E-state index in [2.05, 4.69) is 31.4 Å². The molecule has 1 amide bonds. The van der Waals surface area contributed by atoms with Crippen molar-refractivity contribution in [1.29, 1.82) is 0 Å². The van der Waals surface area contributed by atoms with Crippen LogP contribution in [0.25, 0.3) is 5.69 Å². The van der Waals surface area contributed by atoms with Gasteiger partial charge in [0.2, 0.25) is 5.88 Å². The lowest BCUT2D eigenvalue weighted by atomic mass is 10.2. The standard InChI is InChI=1S/C19H14BrN5O6/c1-10-8-13(6-7-15(10)20)24-18(28)14(17(27)22-19(24)29)9-21-23-16(26)11-2-4-12(5-3-11)25(30)31/h2-9,28H,1H3,(H,23,26)(H,22,27,29). The van der Waals surface area contributed by atoms with Crippen molar-refractivity contribution in [3.05, 3.63) is 94.6 Å². The molecule has 3 rings (SSSR count). The number of carbonyl (C=O) groups is 1. The number of nitrogens with one attached hydrogen (secondary N) is 2. The van der Waals surface area contributed by atoms with E-state index in [0.29, 0.717) is 5.69 Å². The van der Waals surface area contributed by atoms with Gasteiger partial charge in [-0.2, -0.15) is 5.10 Å². The number of non-ortho nitro benzene ring substituents is 1. The van der Waals surface area contributed by atoms with Gasteiger partial charge in [-0.25, -0.2) is 14.8 Å². The maximum atomic E-state index is 12.2. The first kappa shape index (κ1) is 21.6. The zero-order valence-electron chi connectivity index (χ0n) is 15.8. The van der Waals surface area contributed by atoms with Crippen molar-refractivity contribution in [3.8, 4) is 11.6 Å². The third-order valence-electron chi connectivity index (χ3n) is 4.22. The van der Waals surface area contributed by atoms with Gasteiger partial charge >= 0.3 is 5.69 Å². The number of aromatic amines is 1. The molecule has 3 N–H and O–H groups in total. The second-order valence-corrected chi connectivity index (χ2v) is 7.12. The number of aromatic nitrogens is 2.